The van der Waals surface area contributed by atoms with Crippen molar-refractivity contribution in [3.63, 3.8) is 0 Å². The number of aromatic nitrogens is 2. The van der Waals surface area contributed by atoms with Crippen LogP contribution in [0, 0.1) is 4.77 Å². The van der Waals surface area contributed by atoms with Gasteiger partial charge in [-0.1, -0.05) is 0 Å². The van der Waals surface area contributed by atoms with Crippen molar-refractivity contribution < 1.29 is 0 Å². The molecule has 2 aliphatic rings. The van der Waals surface area contributed by atoms with Crippen molar-refractivity contribution in [1.82, 2.24) is 14.9 Å². The van der Waals surface area contributed by atoms with Gasteiger partial charge < -0.3 is 20.6 Å². The first-order valence-corrected chi connectivity index (χ1v) is 6.51. The molecular formula is C11H17N5S. The number of piperidine rings is 1. The molecule has 0 saturated carbocycles. The highest BCUT2D eigenvalue weighted by atomic mass is 32.1. The topological polar surface area (TPSA) is 73.2 Å². The molecule has 1 fully saturated rings. The summed E-state index contributed by atoms with van der Waals surface area (Å²) in [5, 5.41) is 1.07. The van der Waals surface area contributed by atoms with Gasteiger partial charge in [-0.25, -0.2) is 0 Å². The Bertz CT molecular complexity index is 584. The first kappa shape index (κ1) is 11.0. The van der Waals surface area contributed by atoms with Gasteiger partial charge >= 0.3 is 0 Å². The lowest BCUT2D eigenvalue weighted by Gasteiger charge is -2.34. The lowest BCUT2D eigenvalue weighted by Crippen LogP contribution is -2.46. The van der Waals surface area contributed by atoms with Crippen molar-refractivity contribution in [2.75, 3.05) is 19.6 Å². The number of hydrogen-bond acceptors (Lipinski definition) is 4. The summed E-state index contributed by atoms with van der Waals surface area (Å²) >= 11 is 5.13. The summed E-state index contributed by atoms with van der Waals surface area (Å²) in [5.74, 6) is 0. The molecule has 1 saturated heterocycles. The summed E-state index contributed by atoms with van der Waals surface area (Å²) < 4.78 is 0.652. The van der Waals surface area contributed by atoms with Crippen LogP contribution in [-0.4, -0.2) is 40.5 Å². The van der Waals surface area contributed by atoms with E-state index in [1.54, 1.807) is 0 Å². The number of nitrogens with zero attached hydrogens (tertiary/aromatic N) is 2. The van der Waals surface area contributed by atoms with Crippen LogP contribution < -0.4 is 16.6 Å². The lowest BCUT2D eigenvalue weighted by molar-refractivity contribution is 0.285. The zero-order valence-corrected chi connectivity index (χ0v) is 10.5. The van der Waals surface area contributed by atoms with Crippen LogP contribution in [0.4, 0.5) is 0 Å². The third-order valence-corrected chi connectivity index (χ3v) is 3.66. The number of rotatable bonds is 1. The Kier molecular flexibility index (Phi) is 2.76. The average molecular weight is 251 g/mol. The molecule has 92 valence electrons. The summed E-state index contributed by atoms with van der Waals surface area (Å²) in [4.78, 5) is 13.1. The third kappa shape index (κ3) is 2.02. The van der Waals surface area contributed by atoms with E-state index in [9.17, 15) is 0 Å². The predicted molar refractivity (Wildman–Crippen MR) is 68.4 cm³/mol. The number of aromatic amines is 2. The Morgan fingerprint density at radius 3 is 3.12 bits per heavy atom. The van der Waals surface area contributed by atoms with Gasteiger partial charge in [0, 0.05) is 37.8 Å². The normalized spacial score (nSPS) is 24.4. The zero-order chi connectivity index (χ0) is 11.8. The Hall–Kier alpha value is -1.14. The maximum Gasteiger partial charge on any atom is 0.176 e. The minimum Gasteiger partial charge on any atom is -0.371 e. The smallest absolute Gasteiger partial charge is 0.176 e. The van der Waals surface area contributed by atoms with E-state index in [-0.39, 0.29) is 0 Å². The predicted octanol–water partition coefficient (Wildman–Crippen LogP) is -0.373. The van der Waals surface area contributed by atoms with Crippen LogP contribution in [0.3, 0.4) is 0 Å². The van der Waals surface area contributed by atoms with Gasteiger partial charge in [0.05, 0.1) is 0 Å². The van der Waals surface area contributed by atoms with Crippen LogP contribution in [0.5, 0.6) is 0 Å². The summed E-state index contributed by atoms with van der Waals surface area (Å²) in [6, 6.07) is 0.292. The fourth-order valence-electron chi connectivity index (χ4n) is 2.67. The highest BCUT2D eigenvalue weighted by Gasteiger charge is 2.21. The number of nitrogens with one attached hydrogen (secondary N) is 2. The van der Waals surface area contributed by atoms with Gasteiger partial charge in [-0.05, 0) is 25.1 Å². The molecule has 0 radical (unpaired) electrons. The summed E-state index contributed by atoms with van der Waals surface area (Å²) in [5.41, 5.74) is 8.26. The van der Waals surface area contributed by atoms with Gasteiger partial charge in [-0.2, -0.15) is 0 Å². The molecule has 0 unspecified atom stereocenters. The third-order valence-electron chi connectivity index (χ3n) is 3.45. The van der Waals surface area contributed by atoms with Crippen molar-refractivity contribution in [3.8, 4) is 0 Å². The molecule has 3 heterocycles. The van der Waals surface area contributed by atoms with Gasteiger partial charge in [0.25, 0.3) is 0 Å². The van der Waals surface area contributed by atoms with Gasteiger partial charge in [0.15, 0.2) is 10.3 Å². The Morgan fingerprint density at radius 2 is 2.29 bits per heavy atom. The second kappa shape index (κ2) is 4.27. The van der Waals surface area contributed by atoms with Crippen LogP contribution >= 0.6 is 12.2 Å². The van der Waals surface area contributed by atoms with Crippen LogP contribution in [0.1, 0.15) is 19.3 Å². The second-order valence-corrected chi connectivity index (χ2v) is 5.14. The average Bonchev–Trinajstić information content (AvgIpc) is 2.68. The minimum absolute atomic E-state index is 0.292. The number of H-pyrrole nitrogens is 2. The van der Waals surface area contributed by atoms with Gasteiger partial charge in [0.1, 0.15) is 5.35 Å². The quantitative estimate of drug-likeness (QED) is 0.596. The monoisotopic (exact) mass is 251 g/mol. The summed E-state index contributed by atoms with van der Waals surface area (Å²) in [7, 11) is 0. The molecule has 0 amide bonds. The van der Waals surface area contributed by atoms with E-state index in [0.717, 1.165) is 43.3 Å². The molecular weight excluding hydrogens is 234 g/mol. The van der Waals surface area contributed by atoms with Crippen LogP contribution in [0.25, 0.3) is 5.70 Å². The first-order chi connectivity index (χ1) is 8.24. The van der Waals surface area contributed by atoms with Crippen molar-refractivity contribution in [2.45, 2.75) is 25.3 Å². The van der Waals surface area contributed by atoms with Gasteiger partial charge in [-0.15, -0.1) is 0 Å². The molecule has 0 aromatic carbocycles. The van der Waals surface area contributed by atoms with Crippen molar-refractivity contribution in [1.29, 1.82) is 0 Å². The number of fused-ring (bicyclic) bond motifs is 1. The molecule has 0 bridgehead atoms. The number of nitrogens with two attached hydrogens (primary N) is 1. The van der Waals surface area contributed by atoms with E-state index in [2.05, 4.69) is 19.9 Å². The standard InChI is InChI=1S/C11H17N5S/c12-7-2-1-5-16(6-7)8-3-4-13-10-9(8)14-11(17)15-10/h7H,1-6,12H2,(H2,13,14,15,17)/t7-/m1/s1. The highest BCUT2D eigenvalue weighted by molar-refractivity contribution is 7.71. The first-order valence-electron chi connectivity index (χ1n) is 6.10. The van der Waals surface area contributed by atoms with Gasteiger partial charge in [-0.3, -0.25) is 4.99 Å². The Morgan fingerprint density at radius 1 is 1.41 bits per heavy atom. The molecule has 6 heteroatoms. The minimum atomic E-state index is 0.292. The van der Waals surface area contributed by atoms with E-state index >= 15 is 0 Å². The molecule has 3 rings (SSSR count). The molecule has 1 atom stereocenters. The summed E-state index contributed by atoms with van der Waals surface area (Å²) in [6.45, 7) is 2.87. The van der Waals surface area contributed by atoms with Gasteiger partial charge in [0.2, 0.25) is 0 Å². The van der Waals surface area contributed by atoms with Crippen LogP contribution in [-0.2, 0) is 0 Å². The van der Waals surface area contributed by atoms with Crippen LogP contribution in [0.2, 0.25) is 0 Å². The largest absolute Gasteiger partial charge is 0.371 e. The number of likely N-dealkylation sites (tertiary alicyclic amines) is 1. The highest BCUT2D eigenvalue weighted by Crippen LogP contribution is 2.17. The zero-order valence-electron chi connectivity index (χ0n) is 9.70. The van der Waals surface area contributed by atoms with Crippen LogP contribution in [0.15, 0.2) is 4.99 Å². The van der Waals surface area contributed by atoms with Crippen molar-refractivity contribution in [2.24, 2.45) is 10.7 Å². The molecule has 1 aromatic heterocycles. The fraction of sp³-hybridized carbons (Fsp3) is 0.636. The maximum atomic E-state index is 6.04. The van der Waals surface area contributed by atoms with E-state index in [1.165, 1.54) is 12.1 Å². The fourth-order valence-corrected chi connectivity index (χ4v) is 2.87. The summed E-state index contributed by atoms with van der Waals surface area (Å²) in [6.07, 6.45) is 3.27. The second-order valence-electron chi connectivity index (χ2n) is 4.73. The van der Waals surface area contributed by atoms with Crippen molar-refractivity contribution >= 4 is 17.9 Å². The van der Waals surface area contributed by atoms with E-state index in [1.807, 2.05) is 0 Å². The van der Waals surface area contributed by atoms with E-state index in [4.69, 9.17) is 18.0 Å². The number of hydrogen-bond donors (Lipinski definition) is 3. The molecule has 4 N–H and O–H groups in total. The van der Waals surface area contributed by atoms with E-state index in [0.29, 0.717) is 10.8 Å². The molecule has 1 aromatic rings. The molecule has 17 heavy (non-hydrogen) atoms. The molecule has 2 aliphatic heterocycles. The SMILES string of the molecule is N[C@@H]1CCCN(C2=c3[nH]c(=S)[nH]c3=NCC2)C1. The maximum absolute atomic E-state index is 6.04. The molecule has 0 spiro atoms. The van der Waals surface area contributed by atoms with E-state index < -0.39 is 0 Å². The molecule has 0 aliphatic carbocycles. The lowest BCUT2D eigenvalue weighted by atomic mass is 10.0. The Balaban J connectivity index is 2.07. The Labute approximate surface area is 104 Å². The van der Waals surface area contributed by atoms with Crippen molar-refractivity contribution in [3.05, 3.63) is 15.6 Å². The molecule has 5 nitrogen and oxygen atoms in total. The number of imidazole rings is 1.